The Kier molecular flexibility index (Phi) is 5.92. The van der Waals surface area contributed by atoms with Crippen molar-refractivity contribution < 1.29 is 19.1 Å². The van der Waals surface area contributed by atoms with E-state index in [0.29, 0.717) is 32.7 Å². The molecule has 30 heavy (non-hydrogen) atoms. The third kappa shape index (κ3) is 4.27. The van der Waals surface area contributed by atoms with E-state index < -0.39 is 6.10 Å². The zero-order valence-electron chi connectivity index (χ0n) is 16.2. The van der Waals surface area contributed by atoms with Crippen LogP contribution in [0.1, 0.15) is 21.3 Å². The van der Waals surface area contributed by atoms with Gasteiger partial charge in [0.1, 0.15) is 10.6 Å². The van der Waals surface area contributed by atoms with Crippen LogP contribution in [0.5, 0.6) is 5.75 Å². The van der Waals surface area contributed by atoms with Crippen LogP contribution in [-0.2, 0) is 0 Å². The molecule has 0 saturated carbocycles. The van der Waals surface area contributed by atoms with Crippen LogP contribution in [0.15, 0.2) is 77.4 Å². The molecule has 1 atom stereocenters. The van der Waals surface area contributed by atoms with Gasteiger partial charge in [-0.15, -0.1) is 11.3 Å². The van der Waals surface area contributed by atoms with Crippen molar-refractivity contribution in [2.24, 2.45) is 0 Å². The van der Waals surface area contributed by atoms with Crippen LogP contribution in [0.25, 0.3) is 22.0 Å². The van der Waals surface area contributed by atoms with E-state index in [2.05, 4.69) is 10.3 Å². The standard InChI is InChI=1S/C23H20N2O4S/c1-28-17-11-9-15(10-12-17)18(26)14-24-22(27)21-20(16-6-3-2-4-7-16)25-23(30-21)19-8-5-13-29-19/h2-13,18,26H,14H2,1H3,(H,24,27). The van der Waals surface area contributed by atoms with Crippen molar-refractivity contribution in [2.75, 3.05) is 13.7 Å². The molecule has 4 rings (SSSR count). The molecule has 0 aliphatic heterocycles. The Balaban J connectivity index is 1.55. The number of thiazole rings is 1. The number of furan rings is 1. The highest BCUT2D eigenvalue weighted by Gasteiger charge is 2.22. The second kappa shape index (κ2) is 8.94. The van der Waals surface area contributed by atoms with Crippen LogP contribution in [0.4, 0.5) is 0 Å². The molecule has 0 fully saturated rings. The number of rotatable bonds is 7. The molecule has 6 nitrogen and oxygen atoms in total. The lowest BCUT2D eigenvalue weighted by Crippen LogP contribution is -2.28. The molecule has 0 saturated heterocycles. The Morgan fingerprint density at radius 2 is 1.90 bits per heavy atom. The predicted octanol–water partition coefficient (Wildman–Crippen LogP) is 4.54. The first-order chi connectivity index (χ1) is 14.7. The topological polar surface area (TPSA) is 84.6 Å². The number of hydrogen-bond donors (Lipinski definition) is 2. The van der Waals surface area contributed by atoms with Crippen LogP contribution in [-0.4, -0.2) is 29.7 Å². The van der Waals surface area contributed by atoms with E-state index in [4.69, 9.17) is 9.15 Å². The Bertz CT molecular complexity index is 1110. The number of ether oxygens (including phenoxy) is 1. The summed E-state index contributed by atoms with van der Waals surface area (Å²) in [5.74, 6) is 1.02. The zero-order valence-corrected chi connectivity index (χ0v) is 17.1. The summed E-state index contributed by atoms with van der Waals surface area (Å²) in [7, 11) is 1.59. The average molecular weight is 420 g/mol. The molecule has 0 spiro atoms. The number of aliphatic hydroxyl groups is 1. The van der Waals surface area contributed by atoms with E-state index in [1.807, 2.05) is 36.4 Å². The summed E-state index contributed by atoms with van der Waals surface area (Å²) >= 11 is 1.26. The van der Waals surface area contributed by atoms with Crippen molar-refractivity contribution in [3.05, 3.63) is 83.4 Å². The second-order valence-electron chi connectivity index (χ2n) is 6.54. The molecule has 2 aromatic heterocycles. The maximum atomic E-state index is 13.0. The zero-order chi connectivity index (χ0) is 20.9. The number of amides is 1. The molecule has 4 aromatic rings. The lowest BCUT2D eigenvalue weighted by Gasteiger charge is -2.12. The molecule has 1 amide bonds. The van der Waals surface area contributed by atoms with Gasteiger partial charge in [0.2, 0.25) is 0 Å². The minimum Gasteiger partial charge on any atom is -0.497 e. The van der Waals surface area contributed by atoms with Crippen molar-refractivity contribution in [3.63, 3.8) is 0 Å². The van der Waals surface area contributed by atoms with Gasteiger partial charge >= 0.3 is 0 Å². The van der Waals surface area contributed by atoms with Gasteiger partial charge in [0.15, 0.2) is 10.8 Å². The van der Waals surface area contributed by atoms with Gasteiger partial charge in [-0.25, -0.2) is 4.98 Å². The van der Waals surface area contributed by atoms with Gasteiger partial charge in [0.25, 0.3) is 5.91 Å². The Hall–Kier alpha value is -3.42. The minimum absolute atomic E-state index is 0.0768. The molecule has 152 valence electrons. The highest BCUT2D eigenvalue weighted by molar-refractivity contribution is 7.17. The molecule has 0 aliphatic rings. The number of aromatic nitrogens is 1. The number of carbonyl (C=O) groups is 1. The van der Waals surface area contributed by atoms with Crippen LogP contribution in [0, 0.1) is 0 Å². The van der Waals surface area contributed by atoms with E-state index in [0.717, 1.165) is 5.56 Å². The quantitative estimate of drug-likeness (QED) is 0.458. The summed E-state index contributed by atoms with van der Waals surface area (Å²) < 4.78 is 10.6. The van der Waals surface area contributed by atoms with Gasteiger partial charge in [-0.2, -0.15) is 0 Å². The van der Waals surface area contributed by atoms with E-state index >= 15 is 0 Å². The van der Waals surface area contributed by atoms with Crippen molar-refractivity contribution in [2.45, 2.75) is 6.10 Å². The highest BCUT2D eigenvalue weighted by Crippen LogP contribution is 2.34. The molecule has 0 radical (unpaired) electrons. The first-order valence-corrected chi connectivity index (χ1v) is 10.2. The van der Waals surface area contributed by atoms with Crippen molar-refractivity contribution in [3.8, 4) is 27.8 Å². The lowest BCUT2D eigenvalue weighted by molar-refractivity contribution is 0.0920. The molecule has 1 unspecified atom stereocenters. The predicted molar refractivity (Wildman–Crippen MR) is 116 cm³/mol. The van der Waals surface area contributed by atoms with Crippen molar-refractivity contribution in [1.82, 2.24) is 10.3 Å². The van der Waals surface area contributed by atoms with Gasteiger partial charge in [0.05, 0.1) is 25.2 Å². The van der Waals surface area contributed by atoms with Crippen LogP contribution >= 0.6 is 11.3 Å². The number of hydrogen-bond acceptors (Lipinski definition) is 6. The summed E-state index contributed by atoms with van der Waals surface area (Å²) in [5.41, 5.74) is 2.12. The molecule has 0 aliphatic carbocycles. The number of nitrogens with zero attached hydrogens (tertiary/aromatic N) is 1. The highest BCUT2D eigenvalue weighted by atomic mass is 32.1. The first-order valence-electron chi connectivity index (χ1n) is 9.36. The van der Waals surface area contributed by atoms with Crippen molar-refractivity contribution >= 4 is 17.2 Å². The summed E-state index contributed by atoms with van der Waals surface area (Å²) in [6.45, 7) is 0.0768. The lowest BCUT2D eigenvalue weighted by atomic mass is 10.1. The van der Waals surface area contributed by atoms with Crippen LogP contribution in [0.2, 0.25) is 0 Å². The third-order valence-corrected chi connectivity index (χ3v) is 5.64. The van der Waals surface area contributed by atoms with Gasteiger partial charge < -0.3 is 19.6 Å². The van der Waals surface area contributed by atoms with Crippen molar-refractivity contribution in [1.29, 1.82) is 0 Å². The molecule has 2 aromatic carbocycles. The molecular weight excluding hydrogens is 400 g/mol. The van der Waals surface area contributed by atoms with Crippen LogP contribution < -0.4 is 10.1 Å². The van der Waals surface area contributed by atoms with Gasteiger partial charge in [-0.3, -0.25) is 4.79 Å². The Morgan fingerprint density at radius 3 is 2.57 bits per heavy atom. The first kappa shape index (κ1) is 19.9. The van der Waals surface area contributed by atoms with E-state index in [9.17, 15) is 9.90 Å². The number of methoxy groups -OCH3 is 1. The summed E-state index contributed by atoms with van der Waals surface area (Å²) in [6, 6.07) is 20.2. The normalized spacial score (nSPS) is 11.8. The SMILES string of the molecule is COc1ccc(C(O)CNC(=O)c2sc(-c3ccco3)nc2-c2ccccc2)cc1. The van der Waals surface area contributed by atoms with Gasteiger partial charge in [-0.1, -0.05) is 42.5 Å². The fourth-order valence-corrected chi connectivity index (χ4v) is 3.96. The summed E-state index contributed by atoms with van der Waals surface area (Å²) in [4.78, 5) is 18.1. The van der Waals surface area contributed by atoms with E-state index in [1.54, 1.807) is 43.7 Å². The molecular formula is C23H20N2O4S. The summed E-state index contributed by atoms with van der Waals surface area (Å²) in [6.07, 6.45) is 0.738. The number of carbonyl (C=O) groups excluding carboxylic acids is 1. The minimum atomic E-state index is -0.836. The second-order valence-corrected chi connectivity index (χ2v) is 7.54. The number of aliphatic hydroxyl groups excluding tert-OH is 1. The fraction of sp³-hybridized carbons (Fsp3) is 0.130. The monoisotopic (exact) mass is 420 g/mol. The van der Waals surface area contributed by atoms with E-state index in [-0.39, 0.29) is 12.5 Å². The molecule has 7 heteroatoms. The fourth-order valence-electron chi connectivity index (χ4n) is 2.98. The maximum Gasteiger partial charge on any atom is 0.263 e. The Labute approximate surface area is 177 Å². The van der Waals surface area contributed by atoms with Gasteiger partial charge in [-0.05, 0) is 29.8 Å². The summed E-state index contributed by atoms with van der Waals surface area (Å²) in [5, 5.41) is 13.9. The average Bonchev–Trinajstić information content (AvgIpc) is 3.48. The molecule has 0 bridgehead atoms. The maximum absolute atomic E-state index is 13.0. The smallest absolute Gasteiger partial charge is 0.263 e. The Morgan fingerprint density at radius 1 is 1.13 bits per heavy atom. The number of nitrogens with one attached hydrogen (secondary N) is 1. The molecule has 2 heterocycles. The van der Waals surface area contributed by atoms with Gasteiger partial charge in [0, 0.05) is 12.1 Å². The van der Waals surface area contributed by atoms with Crippen LogP contribution in [0.3, 0.4) is 0 Å². The third-order valence-electron chi connectivity index (χ3n) is 4.57. The van der Waals surface area contributed by atoms with E-state index in [1.165, 1.54) is 11.3 Å². The molecule has 2 N–H and O–H groups in total. The number of benzene rings is 2. The largest absolute Gasteiger partial charge is 0.497 e.